The minimum atomic E-state index is -2.62. The van der Waals surface area contributed by atoms with Gasteiger partial charge in [0, 0.05) is 0 Å². The standard InChI is InChI=1S/C24H54Br3ClSi4/c1-19(2,3)29(20(4,5)6,21(7,8)9)31(25,26)32(27,28)30(22(10,11)12,23(13,14)15)24(16,17)18/h1-18H3. The minimum Gasteiger partial charge on any atom is -0.157 e. The molecule has 0 aliphatic carbocycles. The summed E-state index contributed by atoms with van der Waals surface area (Å²) in [7, 11) is -4.51. The van der Waals surface area contributed by atoms with Crippen LogP contribution in [0.15, 0.2) is 0 Å². The number of hydrogen-bond donors (Lipinski definition) is 0. The summed E-state index contributed by atoms with van der Waals surface area (Å²) < 4.78 is -2.44. The highest BCUT2D eigenvalue weighted by Crippen LogP contribution is 2.76. The van der Waals surface area contributed by atoms with Crippen LogP contribution in [-0.4, -0.2) is 24.6 Å². The molecule has 0 aromatic carbocycles. The van der Waals surface area contributed by atoms with Crippen molar-refractivity contribution in [2.75, 3.05) is 0 Å². The average molecular weight is 730 g/mol. The molecule has 1 atom stereocenters. The maximum atomic E-state index is 8.43. The van der Waals surface area contributed by atoms with Crippen molar-refractivity contribution >= 4 is 81.5 Å². The van der Waals surface area contributed by atoms with E-state index in [1.54, 1.807) is 0 Å². The summed E-state index contributed by atoms with van der Waals surface area (Å²) in [4.78, 5) is 0. The zero-order valence-electron chi connectivity index (χ0n) is 24.5. The van der Waals surface area contributed by atoms with Gasteiger partial charge in [0.2, 0.25) is 9.39 Å². The van der Waals surface area contributed by atoms with Gasteiger partial charge >= 0.3 is 0 Å². The Labute approximate surface area is 234 Å². The van der Waals surface area contributed by atoms with Gasteiger partial charge in [0.1, 0.15) is 0 Å². The van der Waals surface area contributed by atoms with Crippen LogP contribution in [0.2, 0.25) is 30.2 Å². The van der Waals surface area contributed by atoms with Crippen LogP contribution in [0.1, 0.15) is 125 Å². The Kier molecular flexibility index (Phi) is 9.85. The van der Waals surface area contributed by atoms with Gasteiger partial charge in [0.25, 0.3) is 0 Å². The molecule has 0 amide bonds. The van der Waals surface area contributed by atoms with Crippen LogP contribution in [0.5, 0.6) is 0 Å². The van der Waals surface area contributed by atoms with E-state index in [0.29, 0.717) is 0 Å². The predicted octanol–water partition coefficient (Wildman–Crippen LogP) is 12.2. The fourth-order valence-electron chi connectivity index (χ4n) is 10.0. The molecule has 1 unspecified atom stereocenters. The van der Waals surface area contributed by atoms with E-state index in [0.717, 1.165) is 0 Å². The van der Waals surface area contributed by atoms with Gasteiger partial charge in [-0.05, 0) is 30.2 Å². The van der Waals surface area contributed by atoms with E-state index in [9.17, 15) is 0 Å². The smallest absolute Gasteiger partial charge is 0.157 e. The molecular formula is C24H54Br3ClSi4. The van der Waals surface area contributed by atoms with Crippen LogP contribution >= 0.6 is 57.0 Å². The van der Waals surface area contributed by atoms with Crippen molar-refractivity contribution in [3.05, 3.63) is 0 Å². The maximum absolute atomic E-state index is 8.43. The molecule has 194 valence electrons. The maximum Gasteiger partial charge on any atom is 0.228 e. The van der Waals surface area contributed by atoms with Crippen LogP contribution < -0.4 is 0 Å². The second kappa shape index (κ2) is 9.11. The zero-order valence-corrected chi connectivity index (χ0v) is 34.0. The third-order valence-electron chi connectivity index (χ3n) is 8.09. The minimum absolute atomic E-state index is 0.133. The predicted molar refractivity (Wildman–Crippen MR) is 174 cm³/mol. The third-order valence-corrected chi connectivity index (χ3v) is 124. The third kappa shape index (κ3) is 4.66. The molecule has 0 bridgehead atoms. The lowest BCUT2D eigenvalue weighted by Crippen LogP contribution is -2.87. The summed E-state index contributed by atoms with van der Waals surface area (Å²) >= 11 is 22.4. The largest absolute Gasteiger partial charge is 0.228 e. The van der Waals surface area contributed by atoms with E-state index in [1.165, 1.54) is 0 Å². The van der Waals surface area contributed by atoms with E-state index in [2.05, 4.69) is 171 Å². The molecule has 0 spiro atoms. The van der Waals surface area contributed by atoms with Crippen molar-refractivity contribution in [1.82, 2.24) is 0 Å². The van der Waals surface area contributed by atoms with Gasteiger partial charge in [-0.2, -0.15) is 11.1 Å². The first kappa shape index (κ1) is 34.6. The lowest BCUT2D eigenvalue weighted by molar-refractivity contribution is 0.552. The summed E-state index contributed by atoms with van der Waals surface area (Å²) in [6.45, 7) is 44.9. The first-order valence-electron chi connectivity index (χ1n) is 12.0. The van der Waals surface area contributed by atoms with E-state index < -0.39 is 24.6 Å². The van der Waals surface area contributed by atoms with E-state index in [-0.39, 0.29) is 30.2 Å². The summed E-state index contributed by atoms with van der Waals surface area (Å²) in [6.07, 6.45) is 0. The molecule has 0 heterocycles. The molecule has 0 saturated carbocycles. The Balaban J connectivity index is 8.24. The van der Waals surface area contributed by atoms with Crippen LogP contribution in [0.4, 0.5) is 0 Å². The highest BCUT2D eigenvalue weighted by Gasteiger charge is 2.84. The molecule has 0 aliphatic heterocycles. The molecule has 8 heteroatoms. The lowest BCUT2D eigenvalue weighted by atomic mass is 10.2. The highest BCUT2D eigenvalue weighted by molar-refractivity contribution is 9.60. The summed E-state index contributed by atoms with van der Waals surface area (Å²) in [5.74, 6) is 0. The van der Waals surface area contributed by atoms with Crippen LogP contribution in [0.25, 0.3) is 0 Å². The zero-order chi connectivity index (χ0) is 27.0. The second-order valence-corrected chi connectivity index (χ2v) is 79.0. The Morgan fingerprint density at radius 2 is 0.531 bits per heavy atom. The second-order valence-electron chi connectivity index (χ2n) is 16.1. The molecule has 0 fully saturated rings. The average Bonchev–Trinajstić information content (AvgIpc) is 2.25. The molecule has 0 N–H and O–H groups in total. The van der Waals surface area contributed by atoms with E-state index >= 15 is 0 Å². The number of rotatable bonds is 3. The molecule has 32 heavy (non-hydrogen) atoms. The van der Waals surface area contributed by atoms with Crippen molar-refractivity contribution in [1.29, 1.82) is 0 Å². The fourth-order valence-corrected chi connectivity index (χ4v) is 173. The van der Waals surface area contributed by atoms with Crippen molar-refractivity contribution in [2.45, 2.75) is 155 Å². The Bertz CT molecular complexity index is 545. The number of hydrogen-bond acceptors (Lipinski definition) is 0. The topological polar surface area (TPSA) is 0 Å². The van der Waals surface area contributed by atoms with Gasteiger partial charge in [-0.1, -0.05) is 125 Å². The van der Waals surface area contributed by atoms with Crippen LogP contribution in [0, 0.1) is 0 Å². The first-order chi connectivity index (χ1) is 13.2. The Morgan fingerprint density at radius 3 is 0.656 bits per heavy atom. The van der Waals surface area contributed by atoms with E-state index in [4.69, 9.17) is 11.1 Å². The van der Waals surface area contributed by atoms with Crippen LogP contribution in [-0.2, 0) is 0 Å². The van der Waals surface area contributed by atoms with Gasteiger partial charge in [0.15, 0.2) is 0 Å². The van der Waals surface area contributed by atoms with Crippen molar-refractivity contribution in [3.63, 3.8) is 0 Å². The van der Waals surface area contributed by atoms with Gasteiger partial charge in [0.05, 0.1) is 15.2 Å². The molecule has 0 nitrogen and oxygen atoms in total. The summed E-state index contributed by atoms with van der Waals surface area (Å²) in [5, 5.41) is -1.73. The summed E-state index contributed by atoms with van der Waals surface area (Å²) in [6, 6.07) is 0. The van der Waals surface area contributed by atoms with Gasteiger partial charge in [-0.15, -0.1) is 45.9 Å². The van der Waals surface area contributed by atoms with Crippen molar-refractivity contribution < 1.29 is 0 Å². The van der Waals surface area contributed by atoms with Crippen LogP contribution in [0.3, 0.4) is 0 Å². The SMILES string of the molecule is CC(C)(C)[Si](C(C)(C)C)(C(C)(C)C)[Si](Cl)(Br)[Si](Br)(Br)[Si](C(C)(C)C)(C(C)(C)C)C(C)(C)C. The van der Waals surface area contributed by atoms with Gasteiger partial charge < -0.3 is 0 Å². The van der Waals surface area contributed by atoms with Gasteiger partial charge in [-0.3, -0.25) is 0 Å². The van der Waals surface area contributed by atoms with Crippen molar-refractivity contribution in [3.8, 4) is 0 Å². The number of halogens is 4. The molecular weight excluding hydrogens is 676 g/mol. The summed E-state index contributed by atoms with van der Waals surface area (Å²) in [5.41, 5.74) is 0. The highest BCUT2D eigenvalue weighted by atomic mass is 79.9. The molecule has 0 aliphatic rings. The molecule has 0 aromatic heterocycles. The fraction of sp³-hybridized carbons (Fsp3) is 1.00. The molecule has 0 saturated heterocycles. The van der Waals surface area contributed by atoms with E-state index in [1.807, 2.05) is 0 Å². The molecule has 0 radical (unpaired) electrons. The van der Waals surface area contributed by atoms with Gasteiger partial charge in [-0.25, -0.2) is 0 Å². The lowest BCUT2D eigenvalue weighted by Gasteiger charge is -2.71. The monoisotopic (exact) mass is 726 g/mol. The molecule has 0 rings (SSSR count). The Hall–Kier alpha value is 2.60. The molecule has 0 aromatic rings. The normalized spacial score (nSPS) is 18.6. The quantitative estimate of drug-likeness (QED) is 0.200. The van der Waals surface area contributed by atoms with Crippen molar-refractivity contribution in [2.24, 2.45) is 0 Å². The first-order valence-corrected chi connectivity index (χ1v) is 30.8. The Morgan fingerprint density at radius 1 is 0.375 bits per heavy atom.